The number of hydrogen-bond acceptors (Lipinski definition) is 4. The van der Waals surface area contributed by atoms with E-state index in [1.54, 1.807) is 18.5 Å². The Kier molecular flexibility index (Phi) is 4.75. The zero-order valence-corrected chi connectivity index (χ0v) is 13.5. The van der Waals surface area contributed by atoms with E-state index in [4.69, 9.17) is 11.6 Å². The van der Waals surface area contributed by atoms with E-state index in [0.29, 0.717) is 17.9 Å². The van der Waals surface area contributed by atoms with Crippen molar-refractivity contribution in [1.29, 1.82) is 0 Å². The molecule has 6 nitrogen and oxygen atoms in total. The van der Waals surface area contributed by atoms with Crippen molar-refractivity contribution in [3.8, 4) is 11.4 Å². The van der Waals surface area contributed by atoms with E-state index in [-0.39, 0.29) is 10.8 Å². The van der Waals surface area contributed by atoms with Crippen LogP contribution in [0.5, 0.6) is 5.75 Å². The summed E-state index contributed by atoms with van der Waals surface area (Å²) in [4.78, 5) is 4.25. The maximum Gasteiger partial charge on any atom is 0.387 e. The van der Waals surface area contributed by atoms with Crippen molar-refractivity contribution < 1.29 is 13.5 Å². The fourth-order valence-electron chi connectivity index (χ4n) is 2.29. The monoisotopic (exact) mass is 353 g/mol. The Morgan fingerprint density at radius 1 is 1.33 bits per heavy atom. The molecule has 0 amide bonds. The molecule has 0 aliphatic carbocycles. The van der Waals surface area contributed by atoms with Gasteiger partial charge in [-0.3, -0.25) is 0 Å². The lowest BCUT2D eigenvalue weighted by atomic mass is 10.3. The molecule has 2 aromatic heterocycles. The Hall–Kier alpha value is -2.48. The van der Waals surface area contributed by atoms with Gasteiger partial charge in [-0.05, 0) is 12.1 Å². The minimum atomic E-state index is -2.95. The molecule has 0 fully saturated rings. The molecule has 0 radical (unpaired) electrons. The van der Waals surface area contributed by atoms with E-state index in [1.165, 1.54) is 16.8 Å². The zero-order valence-electron chi connectivity index (χ0n) is 12.7. The summed E-state index contributed by atoms with van der Waals surface area (Å²) in [5.41, 5.74) is 1.24. The first-order valence-corrected chi connectivity index (χ1v) is 7.60. The van der Waals surface area contributed by atoms with Crippen LogP contribution >= 0.6 is 11.6 Å². The average Bonchev–Trinajstić information content (AvgIpc) is 3.18. The number of alkyl halides is 2. The topological polar surface area (TPSA) is 57.8 Å². The van der Waals surface area contributed by atoms with Gasteiger partial charge in [0.25, 0.3) is 0 Å². The molecular formula is C15H14ClF2N5O. The van der Waals surface area contributed by atoms with Crippen molar-refractivity contribution in [2.75, 3.05) is 0 Å². The van der Waals surface area contributed by atoms with E-state index in [0.717, 1.165) is 12.2 Å². The quantitative estimate of drug-likeness (QED) is 0.682. The van der Waals surface area contributed by atoms with Gasteiger partial charge in [-0.25, -0.2) is 9.67 Å². The molecule has 0 aliphatic heterocycles. The van der Waals surface area contributed by atoms with Gasteiger partial charge in [0.2, 0.25) is 0 Å². The van der Waals surface area contributed by atoms with Crippen LogP contribution in [0.15, 0.2) is 36.8 Å². The van der Waals surface area contributed by atoms with Crippen molar-refractivity contribution in [2.45, 2.75) is 26.5 Å². The van der Waals surface area contributed by atoms with Crippen LogP contribution < -0.4 is 4.74 Å². The zero-order chi connectivity index (χ0) is 17.1. The van der Waals surface area contributed by atoms with Gasteiger partial charge in [-0.2, -0.15) is 8.78 Å². The molecule has 24 heavy (non-hydrogen) atoms. The molecule has 3 aromatic rings. The number of imidazole rings is 1. The molecule has 0 saturated carbocycles. The number of halogens is 3. The molecule has 0 spiro atoms. The van der Waals surface area contributed by atoms with E-state index in [2.05, 4.69) is 20.0 Å². The molecule has 0 aliphatic rings. The smallest absolute Gasteiger partial charge is 0.387 e. The largest absolute Gasteiger partial charge is 0.433 e. The Labute approximate surface area is 141 Å². The van der Waals surface area contributed by atoms with Gasteiger partial charge in [0.05, 0.1) is 23.5 Å². The molecule has 126 valence electrons. The SMILES string of the molecule is CCc1nccn1Cc1cn(-c2ccc(Cl)c(OC(F)F)c2)nn1. The number of aryl methyl sites for hydroxylation is 1. The van der Waals surface area contributed by atoms with E-state index >= 15 is 0 Å². The molecular weight excluding hydrogens is 340 g/mol. The molecule has 1 aromatic carbocycles. The van der Waals surface area contributed by atoms with E-state index in [1.807, 2.05) is 17.7 Å². The fraction of sp³-hybridized carbons (Fsp3) is 0.267. The fourth-order valence-corrected chi connectivity index (χ4v) is 2.45. The van der Waals surface area contributed by atoms with Gasteiger partial charge in [0.15, 0.2) is 0 Å². The number of nitrogens with zero attached hydrogens (tertiary/aromatic N) is 5. The van der Waals surface area contributed by atoms with Crippen LogP contribution in [-0.4, -0.2) is 31.2 Å². The minimum absolute atomic E-state index is 0.102. The third kappa shape index (κ3) is 3.53. The summed E-state index contributed by atoms with van der Waals surface area (Å²) in [6.07, 6.45) is 6.13. The van der Waals surface area contributed by atoms with Crippen LogP contribution in [0, 0.1) is 0 Å². The molecule has 9 heteroatoms. The highest BCUT2D eigenvalue weighted by atomic mass is 35.5. The summed E-state index contributed by atoms with van der Waals surface area (Å²) in [5.74, 6) is 0.841. The van der Waals surface area contributed by atoms with Gasteiger partial charge in [0, 0.05) is 24.9 Å². The highest BCUT2D eigenvalue weighted by Crippen LogP contribution is 2.28. The Morgan fingerprint density at radius 2 is 2.17 bits per heavy atom. The number of benzene rings is 1. The van der Waals surface area contributed by atoms with Crippen molar-refractivity contribution in [2.24, 2.45) is 0 Å². The first kappa shape index (κ1) is 16.4. The van der Waals surface area contributed by atoms with Crippen molar-refractivity contribution in [3.63, 3.8) is 0 Å². The van der Waals surface area contributed by atoms with Gasteiger partial charge < -0.3 is 9.30 Å². The first-order valence-electron chi connectivity index (χ1n) is 7.22. The normalized spacial score (nSPS) is 11.2. The van der Waals surface area contributed by atoms with Crippen LogP contribution in [0.25, 0.3) is 5.69 Å². The van der Waals surface area contributed by atoms with Crippen molar-refractivity contribution in [1.82, 2.24) is 24.5 Å². The van der Waals surface area contributed by atoms with Gasteiger partial charge in [-0.1, -0.05) is 23.7 Å². The number of aromatic nitrogens is 5. The summed E-state index contributed by atoms with van der Waals surface area (Å²) in [6, 6.07) is 4.51. The second kappa shape index (κ2) is 6.96. The summed E-state index contributed by atoms with van der Waals surface area (Å²) < 4.78 is 32.6. The van der Waals surface area contributed by atoms with Gasteiger partial charge in [-0.15, -0.1) is 5.10 Å². The minimum Gasteiger partial charge on any atom is -0.433 e. The Morgan fingerprint density at radius 3 is 2.92 bits per heavy atom. The third-order valence-electron chi connectivity index (χ3n) is 3.39. The van der Waals surface area contributed by atoms with Crippen LogP contribution in [0.4, 0.5) is 8.78 Å². The molecule has 0 atom stereocenters. The highest BCUT2D eigenvalue weighted by Gasteiger charge is 2.12. The molecule has 0 saturated heterocycles. The lowest BCUT2D eigenvalue weighted by Gasteiger charge is -2.08. The van der Waals surface area contributed by atoms with E-state index in [9.17, 15) is 8.78 Å². The lowest BCUT2D eigenvalue weighted by Crippen LogP contribution is -2.04. The van der Waals surface area contributed by atoms with Gasteiger partial charge >= 0.3 is 6.61 Å². The predicted molar refractivity (Wildman–Crippen MR) is 83.7 cm³/mol. The third-order valence-corrected chi connectivity index (χ3v) is 3.70. The van der Waals surface area contributed by atoms with Crippen LogP contribution in [0.3, 0.4) is 0 Å². The molecule has 0 bridgehead atoms. The second-order valence-corrected chi connectivity index (χ2v) is 5.38. The van der Waals surface area contributed by atoms with Crippen LogP contribution in [0.2, 0.25) is 5.02 Å². The summed E-state index contributed by atoms with van der Waals surface area (Å²) >= 11 is 5.85. The summed E-state index contributed by atoms with van der Waals surface area (Å²) in [5, 5.41) is 8.22. The Bertz CT molecular complexity index is 833. The van der Waals surface area contributed by atoms with E-state index < -0.39 is 6.61 Å². The van der Waals surface area contributed by atoms with Crippen LogP contribution in [-0.2, 0) is 13.0 Å². The van der Waals surface area contributed by atoms with Gasteiger partial charge in [0.1, 0.15) is 17.3 Å². The highest BCUT2D eigenvalue weighted by molar-refractivity contribution is 6.32. The predicted octanol–water partition coefficient (Wildman–Crippen LogP) is 3.33. The number of rotatable bonds is 6. The molecule has 3 rings (SSSR count). The van der Waals surface area contributed by atoms with Crippen LogP contribution in [0.1, 0.15) is 18.4 Å². The first-order chi connectivity index (χ1) is 11.6. The maximum atomic E-state index is 12.4. The number of ether oxygens (including phenoxy) is 1. The maximum absolute atomic E-state index is 12.4. The van der Waals surface area contributed by atoms with Crippen molar-refractivity contribution >= 4 is 11.6 Å². The summed E-state index contributed by atoms with van der Waals surface area (Å²) in [6.45, 7) is -0.400. The lowest BCUT2D eigenvalue weighted by molar-refractivity contribution is -0.0497. The molecule has 2 heterocycles. The summed E-state index contributed by atoms with van der Waals surface area (Å²) in [7, 11) is 0. The standard InChI is InChI=1S/C15H14ClF2N5O/c1-2-14-19-5-6-22(14)8-10-9-23(21-20-10)11-3-4-12(16)13(7-11)24-15(17)18/h3-7,9,15H,2,8H2,1H3. The second-order valence-electron chi connectivity index (χ2n) is 4.97. The molecule has 0 N–H and O–H groups in total. The molecule has 0 unspecified atom stereocenters. The Balaban J connectivity index is 1.83. The van der Waals surface area contributed by atoms with Crippen molar-refractivity contribution in [3.05, 3.63) is 53.3 Å². The number of hydrogen-bond donors (Lipinski definition) is 0. The average molecular weight is 354 g/mol.